The fourth-order valence-corrected chi connectivity index (χ4v) is 2.95. The van der Waals surface area contributed by atoms with E-state index in [1.807, 2.05) is 4.90 Å². The second-order valence-corrected chi connectivity index (χ2v) is 6.01. The maximum atomic E-state index is 12.3. The monoisotopic (exact) mass is 254 g/mol. The molecule has 1 rings (SSSR count). The van der Waals surface area contributed by atoms with E-state index in [1.54, 1.807) is 0 Å². The van der Waals surface area contributed by atoms with Crippen molar-refractivity contribution in [3.63, 3.8) is 0 Å². The Morgan fingerprint density at radius 3 is 2.22 bits per heavy atom. The van der Waals surface area contributed by atoms with E-state index < -0.39 is 0 Å². The second kappa shape index (κ2) is 7.78. The zero-order chi connectivity index (χ0) is 13.5. The molecule has 0 aromatic heterocycles. The Bertz CT molecular complexity index is 245. The van der Waals surface area contributed by atoms with Gasteiger partial charge in [0.25, 0.3) is 0 Å². The third-order valence-corrected chi connectivity index (χ3v) is 4.17. The maximum Gasteiger partial charge on any atom is 0.223 e. The largest absolute Gasteiger partial charge is 0.340 e. The average Bonchev–Trinajstić information content (AvgIpc) is 2.36. The summed E-state index contributed by atoms with van der Waals surface area (Å²) in [6.07, 6.45) is 6.59. The molecule has 106 valence electrons. The maximum absolute atomic E-state index is 12.3. The Kier molecular flexibility index (Phi) is 6.69. The van der Waals surface area contributed by atoms with Gasteiger partial charge in [-0.05, 0) is 64.3 Å². The van der Waals surface area contributed by atoms with Crippen molar-refractivity contribution in [2.75, 3.05) is 13.1 Å². The summed E-state index contributed by atoms with van der Waals surface area (Å²) < 4.78 is 0. The molecule has 3 nitrogen and oxygen atoms in total. The first-order valence-corrected chi connectivity index (χ1v) is 7.58. The lowest BCUT2D eigenvalue weighted by Gasteiger charge is -2.31. The van der Waals surface area contributed by atoms with Gasteiger partial charge in [0, 0.05) is 19.0 Å². The van der Waals surface area contributed by atoms with Gasteiger partial charge in [-0.15, -0.1) is 0 Å². The van der Waals surface area contributed by atoms with Gasteiger partial charge >= 0.3 is 0 Å². The van der Waals surface area contributed by atoms with Crippen LogP contribution in [0.3, 0.4) is 0 Å². The Morgan fingerprint density at radius 2 is 1.78 bits per heavy atom. The van der Waals surface area contributed by atoms with Crippen LogP contribution in [0, 0.1) is 11.8 Å². The summed E-state index contributed by atoms with van der Waals surface area (Å²) in [4.78, 5) is 14.3. The third-order valence-electron chi connectivity index (χ3n) is 4.17. The highest BCUT2D eigenvalue weighted by Crippen LogP contribution is 2.30. The van der Waals surface area contributed by atoms with E-state index in [0.29, 0.717) is 23.8 Å². The van der Waals surface area contributed by atoms with E-state index in [9.17, 15) is 4.79 Å². The van der Waals surface area contributed by atoms with Crippen LogP contribution < -0.4 is 5.73 Å². The molecule has 0 radical (unpaired) electrons. The standard InChI is InChI=1S/C15H30N2O/c1-4-9-17(12(2)3)15(18)10-13-5-7-14(11-16)8-6-13/h12-14H,4-11,16H2,1-3H3. The minimum atomic E-state index is 0.331. The van der Waals surface area contributed by atoms with E-state index in [-0.39, 0.29) is 0 Å². The number of rotatable bonds is 6. The number of hydrogen-bond acceptors (Lipinski definition) is 2. The van der Waals surface area contributed by atoms with Gasteiger partial charge in [0.05, 0.1) is 0 Å². The molecule has 1 fully saturated rings. The fourth-order valence-electron chi connectivity index (χ4n) is 2.95. The Morgan fingerprint density at radius 1 is 1.22 bits per heavy atom. The van der Waals surface area contributed by atoms with Gasteiger partial charge < -0.3 is 10.6 Å². The van der Waals surface area contributed by atoms with E-state index in [1.165, 1.54) is 25.7 Å². The topological polar surface area (TPSA) is 46.3 Å². The predicted molar refractivity (Wildman–Crippen MR) is 76.3 cm³/mol. The SMILES string of the molecule is CCCN(C(=O)CC1CCC(CN)CC1)C(C)C. The minimum absolute atomic E-state index is 0.331. The van der Waals surface area contributed by atoms with Crippen molar-refractivity contribution in [2.45, 2.75) is 65.3 Å². The van der Waals surface area contributed by atoms with Gasteiger partial charge in [-0.25, -0.2) is 0 Å². The lowest BCUT2D eigenvalue weighted by Crippen LogP contribution is -2.38. The molecule has 0 heterocycles. The van der Waals surface area contributed by atoms with Gasteiger partial charge in [-0.3, -0.25) is 4.79 Å². The molecule has 0 aromatic carbocycles. The lowest BCUT2D eigenvalue weighted by atomic mass is 9.80. The fraction of sp³-hybridized carbons (Fsp3) is 0.933. The molecule has 18 heavy (non-hydrogen) atoms. The number of nitrogens with zero attached hydrogens (tertiary/aromatic N) is 1. The average molecular weight is 254 g/mol. The summed E-state index contributed by atoms with van der Waals surface area (Å²) in [6.45, 7) is 8.07. The minimum Gasteiger partial charge on any atom is -0.340 e. The molecule has 1 amide bonds. The molecule has 2 N–H and O–H groups in total. The molecule has 0 aliphatic heterocycles. The number of carbonyl (C=O) groups is 1. The van der Waals surface area contributed by atoms with Crippen LogP contribution in [0.15, 0.2) is 0 Å². The molecule has 0 bridgehead atoms. The van der Waals surface area contributed by atoms with Crippen molar-refractivity contribution in [1.82, 2.24) is 4.90 Å². The first-order valence-electron chi connectivity index (χ1n) is 7.58. The molecular weight excluding hydrogens is 224 g/mol. The summed E-state index contributed by atoms with van der Waals surface area (Å²) in [5.41, 5.74) is 5.70. The molecular formula is C15H30N2O. The molecule has 0 saturated heterocycles. The zero-order valence-electron chi connectivity index (χ0n) is 12.3. The van der Waals surface area contributed by atoms with E-state index in [2.05, 4.69) is 20.8 Å². The molecule has 0 unspecified atom stereocenters. The molecule has 3 heteroatoms. The molecule has 0 aromatic rings. The van der Waals surface area contributed by atoms with E-state index in [4.69, 9.17) is 5.73 Å². The van der Waals surface area contributed by atoms with Gasteiger partial charge in [-0.2, -0.15) is 0 Å². The number of hydrogen-bond donors (Lipinski definition) is 1. The van der Waals surface area contributed by atoms with Crippen LogP contribution >= 0.6 is 0 Å². The highest BCUT2D eigenvalue weighted by molar-refractivity contribution is 5.76. The summed E-state index contributed by atoms with van der Waals surface area (Å²) in [7, 11) is 0. The van der Waals surface area contributed by atoms with Crippen molar-refractivity contribution in [3.8, 4) is 0 Å². The predicted octanol–water partition coefficient (Wildman–Crippen LogP) is 2.79. The number of amides is 1. The van der Waals surface area contributed by atoms with Crippen LogP contribution in [0.2, 0.25) is 0 Å². The smallest absolute Gasteiger partial charge is 0.223 e. The Labute approximate surface area is 112 Å². The first kappa shape index (κ1) is 15.5. The van der Waals surface area contributed by atoms with E-state index >= 15 is 0 Å². The van der Waals surface area contributed by atoms with Gasteiger partial charge in [0.2, 0.25) is 5.91 Å². The highest BCUT2D eigenvalue weighted by Gasteiger charge is 2.25. The van der Waals surface area contributed by atoms with Gasteiger partial charge in [0.1, 0.15) is 0 Å². The summed E-state index contributed by atoms with van der Waals surface area (Å²) in [5, 5.41) is 0. The molecule has 1 aliphatic carbocycles. The van der Waals surface area contributed by atoms with Crippen LogP contribution in [0.4, 0.5) is 0 Å². The summed E-state index contributed by atoms with van der Waals surface area (Å²) in [6, 6.07) is 0.331. The normalized spacial score (nSPS) is 24.3. The molecule has 0 spiro atoms. The Hall–Kier alpha value is -0.570. The molecule has 1 saturated carbocycles. The van der Waals surface area contributed by atoms with Crippen LogP contribution in [0.25, 0.3) is 0 Å². The number of carbonyl (C=O) groups excluding carboxylic acids is 1. The van der Waals surface area contributed by atoms with Crippen molar-refractivity contribution < 1.29 is 4.79 Å². The highest BCUT2D eigenvalue weighted by atomic mass is 16.2. The third kappa shape index (κ3) is 4.60. The zero-order valence-corrected chi connectivity index (χ0v) is 12.3. The van der Waals surface area contributed by atoms with Crippen LogP contribution in [-0.2, 0) is 4.79 Å². The Balaban J connectivity index is 2.39. The van der Waals surface area contributed by atoms with Crippen LogP contribution in [0.1, 0.15) is 59.3 Å². The van der Waals surface area contributed by atoms with Gasteiger partial charge in [0.15, 0.2) is 0 Å². The number of nitrogens with two attached hydrogens (primary N) is 1. The second-order valence-electron chi connectivity index (χ2n) is 6.01. The van der Waals surface area contributed by atoms with Crippen molar-refractivity contribution in [3.05, 3.63) is 0 Å². The quantitative estimate of drug-likeness (QED) is 0.792. The van der Waals surface area contributed by atoms with Gasteiger partial charge in [-0.1, -0.05) is 6.92 Å². The summed E-state index contributed by atoms with van der Waals surface area (Å²) >= 11 is 0. The van der Waals surface area contributed by atoms with Crippen molar-refractivity contribution in [1.29, 1.82) is 0 Å². The van der Waals surface area contributed by atoms with Crippen LogP contribution in [0.5, 0.6) is 0 Å². The first-order chi connectivity index (χ1) is 8.58. The van der Waals surface area contributed by atoms with Crippen molar-refractivity contribution in [2.24, 2.45) is 17.6 Å². The van der Waals surface area contributed by atoms with Crippen LogP contribution in [-0.4, -0.2) is 29.9 Å². The lowest BCUT2D eigenvalue weighted by molar-refractivity contribution is -0.134. The molecule has 0 atom stereocenters. The van der Waals surface area contributed by atoms with Crippen molar-refractivity contribution >= 4 is 5.91 Å². The molecule has 1 aliphatic rings. The summed E-state index contributed by atoms with van der Waals surface area (Å²) in [5.74, 6) is 1.65. The van der Waals surface area contributed by atoms with E-state index in [0.717, 1.165) is 25.9 Å².